The molecule has 0 unspecified atom stereocenters. The third-order valence-electron chi connectivity index (χ3n) is 3.71. The van der Waals surface area contributed by atoms with Crippen LogP contribution in [0, 0.1) is 18.3 Å². The smallest absolute Gasteiger partial charge is 0.255 e. The molecule has 0 spiro atoms. The average Bonchev–Trinajstić information content (AvgIpc) is 2.94. The van der Waals surface area contributed by atoms with Gasteiger partial charge in [-0.05, 0) is 42.7 Å². The molecule has 3 rings (SSSR count). The summed E-state index contributed by atoms with van der Waals surface area (Å²) >= 11 is 0. The van der Waals surface area contributed by atoms with Gasteiger partial charge in [-0.15, -0.1) is 0 Å². The molecule has 0 fully saturated rings. The number of benzene rings is 2. The molecule has 0 saturated heterocycles. The van der Waals surface area contributed by atoms with Gasteiger partial charge in [0, 0.05) is 17.8 Å². The fourth-order valence-corrected chi connectivity index (χ4v) is 2.55. The minimum absolute atomic E-state index is 0.200. The monoisotopic (exact) mass is 277 g/mol. The molecular weight excluding hydrogens is 262 g/mol. The number of carbonyl (C=O) groups is 1. The molecule has 21 heavy (non-hydrogen) atoms. The summed E-state index contributed by atoms with van der Waals surface area (Å²) in [5, 5.41) is 15.3. The van der Waals surface area contributed by atoms with E-state index in [1.807, 2.05) is 37.3 Å². The molecule has 1 amide bonds. The zero-order valence-corrected chi connectivity index (χ0v) is 11.7. The Bertz CT molecular complexity index is 759. The lowest BCUT2D eigenvalue weighted by atomic mass is 10.1. The normalized spacial score (nSPS) is 12.2. The molecule has 104 valence electrons. The second-order valence-corrected chi connectivity index (χ2v) is 5.11. The number of nitriles is 1. The second kappa shape index (κ2) is 5.29. The number of aryl methyl sites for hydroxylation is 1. The zero-order chi connectivity index (χ0) is 14.8. The molecule has 4 heteroatoms. The highest BCUT2D eigenvalue weighted by atomic mass is 16.1. The molecule has 0 radical (unpaired) electrons. The predicted molar refractivity (Wildman–Crippen MR) is 82.5 cm³/mol. The van der Waals surface area contributed by atoms with Gasteiger partial charge in [0.05, 0.1) is 11.3 Å². The maximum absolute atomic E-state index is 12.3. The van der Waals surface area contributed by atoms with Gasteiger partial charge in [0.2, 0.25) is 0 Å². The van der Waals surface area contributed by atoms with Gasteiger partial charge in [-0.3, -0.25) is 4.79 Å². The maximum Gasteiger partial charge on any atom is 0.255 e. The molecule has 2 aromatic carbocycles. The van der Waals surface area contributed by atoms with E-state index in [2.05, 4.69) is 16.7 Å². The summed E-state index contributed by atoms with van der Waals surface area (Å²) in [5.74, 6) is -0.200. The quantitative estimate of drug-likeness (QED) is 0.886. The van der Waals surface area contributed by atoms with Gasteiger partial charge in [0.15, 0.2) is 0 Å². The van der Waals surface area contributed by atoms with Crippen molar-refractivity contribution in [3.05, 3.63) is 58.7 Å². The van der Waals surface area contributed by atoms with E-state index in [0.29, 0.717) is 16.8 Å². The highest BCUT2D eigenvalue weighted by Gasteiger charge is 2.15. The van der Waals surface area contributed by atoms with Gasteiger partial charge in [-0.25, -0.2) is 0 Å². The molecule has 0 aromatic heterocycles. The summed E-state index contributed by atoms with van der Waals surface area (Å²) in [4.78, 5) is 12.3. The first-order chi connectivity index (χ1) is 10.2. The predicted octanol–water partition coefficient (Wildman–Crippen LogP) is 3.09. The number of hydrogen-bond acceptors (Lipinski definition) is 3. The number of hydrogen-bond donors (Lipinski definition) is 2. The average molecular weight is 277 g/mol. The van der Waals surface area contributed by atoms with Crippen molar-refractivity contribution in [2.45, 2.75) is 13.3 Å². The largest absolute Gasteiger partial charge is 0.384 e. The van der Waals surface area contributed by atoms with Crippen molar-refractivity contribution in [2.75, 3.05) is 17.2 Å². The van der Waals surface area contributed by atoms with Crippen molar-refractivity contribution in [1.82, 2.24) is 0 Å². The molecule has 4 nitrogen and oxygen atoms in total. The highest BCUT2D eigenvalue weighted by molar-refractivity contribution is 6.05. The van der Waals surface area contributed by atoms with E-state index in [1.165, 1.54) is 5.56 Å². The molecule has 2 aromatic rings. The van der Waals surface area contributed by atoms with Crippen molar-refractivity contribution in [1.29, 1.82) is 5.26 Å². The number of anilines is 2. The van der Waals surface area contributed by atoms with Gasteiger partial charge in [-0.1, -0.05) is 18.2 Å². The van der Waals surface area contributed by atoms with E-state index in [9.17, 15) is 10.1 Å². The zero-order valence-electron chi connectivity index (χ0n) is 11.7. The standard InChI is InChI=1S/C17H15N3O/c1-11-3-2-4-15(14(11)10-18)20-17(21)13-6-5-12-7-8-19-16(12)9-13/h2-6,9,19H,7-8H2,1H3,(H,20,21). The fourth-order valence-electron chi connectivity index (χ4n) is 2.55. The minimum Gasteiger partial charge on any atom is -0.384 e. The van der Waals surface area contributed by atoms with E-state index in [0.717, 1.165) is 24.2 Å². The first-order valence-corrected chi connectivity index (χ1v) is 6.87. The van der Waals surface area contributed by atoms with Crippen molar-refractivity contribution >= 4 is 17.3 Å². The summed E-state index contributed by atoms with van der Waals surface area (Å²) < 4.78 is 0. The highest BCUT2D eigenvalue weighted by Crippen LogP contribution is 2.24. The van der Waals surface area contributed by atoms with Crippen LogP contribution in [0.4, 0.5) is 11.4 Å². The number of fused-ring (bicyclic) bond motifs is 1. The Morgan fingerprint density at radius 2 is 2.19 bits per heavy atom. The van der Waals surface area contributed by atoms with Crippen molar-refractivity contribution < 1.29 is 4.79 Å². The van der Waals surface area contributed by atoms with Gasteiger partial charge in [-0.2, -0.15) is 5.26 Å². The molecule has 1 aliphatic rings. The summed E-state index contributed by atoms with van der Waals surface area (Å²) in [6.07, 6.45) is 0.994. The number of rotatable bonds is 2. The Kier molecular flexibility index (Phi) is 3.33. The number of amides is 1. The Labute approximate surface area is 123 Å². The van der Waals surface area contributed by atoms with Gasteiger partial charge < -0.3 is 10.6 Å². The molecular formula is C17H15N3O. The van der Waals surface area contributed by atoms with Gasteiger partial charge >= 0.3 is 0 Å². The van der Waals surface area contributed by atoms with Crippen LogP contribution >= 0.6 is 0 Å². The van der Waals surface area contributed by atoms with Crippen molar-refractivity contribution in [2.24, 2.45) is 0 Å². The SMILES string of the molecule is Cc1cccc(NC(=O)c2ccc3c(c2)NCC3)c1C#N. The first kappa shape index (κ1) is 13.2. The molecule has 0 atom stereocenters. The van der Waals surface area contributed by atoms with Gasteiger partial charge in [0.25, 0.3) is 5.91 Å². The Hall–Kier alpha value is -2.80. The molecule has 1 aliphatic heterocycles. The summed E-state index contributed by atoms with van der Waals surface area (Å²) in [7, 11) is 0. The maximum atomic E-state index is 12.3. The number of nitrogens with one attached hydrogen (secondary N) is 2. The molecule has 1 heterocycles. The van der Waals surface area contributed by atoms with Crippen LogP contribution < -0.4 is 10.6 Å². The van der Waals surface area contributed by atoms with Crippen molar-refractivity contribution in [3.8, 4) is 6.07 Å². The van der Waals surface area contributed by atoms with E-state index in [-0.39, 0.29) is 5.91 Å². The lowest BCUT2D eigenvalue weighted by Crippen LogP contribution is -2.13. The van der Waals surface area contributed by atoms with E-state index in [1.54, 1.807) is 6.07 Å². The molecule has 0 saturated carbocycles. The van der Waals surface area contributed by atoms with E-state index < -0.39 is 0 Å². The van der Waals surface area contributed by atoms with Crippen LogP contribution in [0.15, 0.2) is 36.4 Å². The van der Waals surface area contributed by atoms with Crippen LogP contribution in [0.2, 0.25) is 0 Å². The molecule has 2 N–H and O–H groups in total. The third-order valence-corrected chi connectivity index (χ3v) is 3.71. The summed E-state index contributed by atoms with van der Waals surface area (Å²) in [6, 6.07) is 13.2. The molecule has 0 bridgehead atoms. The van der Waals surface area contributed by atoms with Crippen LogP contribution in [-0.2, 0) is 6.42 Å². The second-order valence-electron chi connectivity index (χ2n) is 5.11. The van der Waals surface area contributed by atoms with E-state index >= 15 is 0 Å². The lowest BCUT2D eigenvalue weighted by Gasteiger charge is -2.09. The topological polar surface area (TPSA) is 64.9 Å². The fraction of sp³-hybridized carbons (Fsp3) is 0.176. The number of nitrogens with zero attached hydrogens (tertiary/aromatic N) is 1. The van der Waals surface area contributed by atoms with Crippen LogP contribution in [0.1, 0.15) is 27.0 Å². The summed E-state index contributed by atoms with van der Waals surface area (Å²) in [5.41, 5.74) is 4.76. The lowest BCUT2D eigenvalue weighted by molar-refractivity contribution is 0.102. The minimum atomic E-state index is -0.200. The van der Waals surface area contributed by atoms with E-state index in [4.69, 9.17) is 0 Å². The Balaban J connectivity index is 1.87. The van der Waals surface area contributed by atoms with Crippen LogP contribution in [0.25, 0.3) is 0 Å². The van der Waals surface area contributed by atoms with Crippen LogP contribution in [-0.4, -0.2) is 12.5 Å². The third kappa shape index (κ3) is 2.46. The van der Waals surface area contributed by atoms with Crippen LogP contribution in [0.5, 0.6) is 0 Å². The van der Waals surface area contributed by atoms with Crippen molar-refractivity contribution in [3.63, 3.8) is 0 Å². The Morgan fingerprint density at radius 3 is 3.00 bits per heavy atom. The number of carbonyl (C=O) groups excluding carboxylic acids is 1. The summed E-state index contributed by atoms with van der Waals surface area (Å²) in [6.45, 7) is 2.77. The molecule has 0 aliphatic carbocycles. The van der Waals surface area contributed by atoms with Gasteiger partial charge in [0.1, 0.15) is 6.07 Å². The Morgan fingerprint density at radius 1 is 1.33 bits per heavy atom. The van der Waals surface area contributed by atoms with Crippen LogP contribution in [0.3, 0.4) is 0 Å². The first-order valence-electron chi connectivity index (χ1n) is 6.87.